The summed E-state index contributed by atoms with van der Waals surface area (Å²) >= 11 is 6.35. The van der Waals surface area contributed by atoms with Crippen molar-refractivity contribution in [3.8, 4) is 0 Å². The third-order valence-corrected chi connectivity index (χ3v) is 4.55. The van der Waals surface area contributed by atoms with Gasteiger partial charge in [0.2, 0.25) is 0 Å². The SMILES string of the molecule is CO[C@@H]1C2CC[C@H](C=C[C@@H]2Cl)C1(C)C. The summed E-state index contributed by atoms with van der Waals surface area (Å²) in [6.45, 7) is 4.61. The predicted molar refractivity (Wildman–Crippen MR) is 59.6 cm³/mol. The van der Waals surface area contributed by atoms with Crippen LogP contribution in [0.1, 0.15) is 26.7 Å². The van der Waals surface area contributed by atoms with E-state index >= 15 is 0 Å². The standard InChI is InChI=1S/C12H19ClO/c1-12(2)8-4-6-9(11(12)14-3)10(13)7-5-8/h5,7-11H,4,6H2,1-3H3/t8-,9?,10+,11-/m1/s1. The van der Waals surface area contributed by atoms with Gasteiger partial charge in [-0.15, -0.1) is 11.6 Å². The van der Waals surface area contributed by atoms with Gasteiger partial charge in [0, 0.05) is 13.0 Å². The third-order valence-electron chi connectivity index (χ3n) is 4.08. The molecule has 0 heterocycles. The first kappa shape index (κ1) is 10.5. The molecule has 1 fully saturated rings. The van der Waals surface area contributed by atoms with Crippen molar-refractivity contribution in [3.05, 3.63) is 12.2 Å². The van der Waals surface area contributed by atoms with Crippen molar-refractivity contribution in [3.63, 3.8) is 0 Å². The van der Waals surface area contributed by atoms with E-state index in [9.17, 15) is 0 Å². The highest BCUT2D eigenvalue weighted by Gasteiger charge is 2.48. The summed E-state index contributed by atoms with van der Waals surface area (Å²) in [4.78, 5) is 0. The van der Waals surface area contributed by atoms with Gasteiger partial charge < -0.3 is 4.74 Å². The van der Waals surface area contributed by atoms with E-state index in [-0.39, 0.29) is 10.8 Å². The lowest BCUT2D eigenvalue weighted by Gasteiger charge is -2.46. The minimum absolute atomic E-state index is 0.159. The van der Waals surface area contributed by atoms with E-state index in [0.29, 0.717) is 17.9 Å². The van der Waals surface area contributed by atoms with Crippen molar-refractivity contribution < 1.29 is 4.74 Å². The fraction of sp³-hybridized carbons (Fsp3) is 0.833. The van der Waals surface area contributed by atoms with E-state index in [0.717, 1.165) is 0 Å². The Balaban J connectivity index is 2.35. The number of ether oxygens (including phenoxy) is 1. The molecule has 3 aliphatic rings. The number of halogens is 1. The molecule has 0 N–H and O–H groups in total. The highest BCUT2D eigenvalue weighted by atomic mass is 35.5. The van der Waals surface area contributed by atoms with Gasteiger partial charge >= 0.3 is 0 Å². The molecule has 0 radical (unpaired) electrons. The van der Waals surface area contributed by atoms with Crippen LogP contribution in [0.2, 0.25) is 0 Å². The van der Waals surface area contributed by atoms with E-state index < -0.39 is 0 Å². The summed E-state index contributed by atoms with van der Waals surface area (Å²) in [5.74, 6) is 1.12. The number of fused-ring (bicyclic) bond motifs is 3. The first-order valence-corrected chi connectivity index (χ1v) is 5.86. The maximum Gasteiger partial charge on any atom is 0.0673 e. The maximum atomic E-state index is 6.35. The predicted octanol–water partition coefficient (Wildman–Crippen LogP) is 3.23. The zero-order chi connectivity index (χ0) is 10.3. The van der Waals surface area contributed by atoms with Gasteiger partial charge in [-0.3, -0.25) is 0 Å². The van der Waals surface area contributed by atoms with Gasteiger partial charge in [0.25, 0.3) is 0 Å². The van der Waals surface area contributed by atoms with Crippen LogP contribution in [0.5, 0.6) is 0 Å². The van der Waals surface area contributed by atoms with E-state index in [1.165, 1.54) is 12.8 Å². The van der Waals surface area contributed by atoms with Crippen molar-refractivity contribution in [2.75, 3.05) is 7.11 Å². The number of rotatable bonds is 1. The lowest BCUT2D eigenvalue weighted by atomic mass is 9.64. The van der Waals surface area contributed by atoms with Crippen LogP contribution in [0.3, 0.4) is 0 Å². The minimum Gasteiger partial charge on any atom is -0.381 e. The average Bonchev–Trinajstić information content (AvgIpc) is 2.34. The minimum atomic E-state index is 0.159. The molecule has 1 unspecified atom stereocenters. The van der Waals surface area contributed by atoms with Gasteiger partial charge in [-0.1, -0.05) is 26.0 Å². The van der Waals surface area contributed by atoms with Crippen molar-refractivity contribution in [2.45, 2.75) is 38.2 Å². The Morgan fingerprint density at radius 3 is 2.64 bits per heavy atom. The molecule has 0 aromatic rings. The number of alkyl halides is 1. The summed E-state index contributed by atoms with van der Waals surface area (Å²) < 4.78 is 5.67. The summed E-state index contributed by atoms with van der Waals surface area (Å²) in [5.41, 5.74) is 0.234. The average molecular weight is 215 g/mol. The van der Waals surface area contributed by atoms with Crippen molar-refractivity contribution in [1.82, 2.24) is 0 Å². The molecule has 4 atom stereocenters. The van der Waals surface area contributed by atoms with Crippen LogP contribution in [0.4, 0.5) is 0 Å². The van der Waals surface area contributed by atoms with E-state index in [1.807, 2.05) is 7.11 Å². The first-order chi connectivity index (χ1) is 6.57. The number of hydrogen-bond acceptors (Lipinski definition) is 1. The van der Waals surface area contributed by atoms with Gasteiger partial charge in [0.05, 0.1) is 11.5 Å². The molecule has 0 spiro atoms. The molecule has 0 aromatic heterocycles. The van der Waals surface area contributed by atoms with E-state index in [1.54, 1.807) is 0 Å². The number of allylic oxidation sites excluding steroid dienone is 2. The summed E-state index contributed by atoms with van der Waals surface area (Å²) in [6, 6.07) is 0. The van der Waals surface area contributed by atoms with Crippen LogP contribution in [-0.2, 0) is 4.74 Å². The summed E-state index contributed by atoms with van der Waals surface area (Å²) in [5, 5.41) is 0.159. The fourth-order valence-electron chi connectivity index (χ4n) is 3.19. The topological polar surface area (TPSA) is 9.23 Å². The van der Waals surface area contributed by atoms with Crippen LogP contribution in [0.25, 0.3) is 0 Å². The third kappa shape index (κ3) is 1.42. The molecule has 0 amide bonds. The Bertz CT molecular complexity index is 247. The summed E-state index contributed by atoms with van der Waals surface area (Å²) in [7, 11) is 1.82. The molecule has 0 aliphatic heterocycles. The van der Waals surface area contributed by atoms with Gasteiger partial charge in [0.1, 0.15) is 0 Å². The van der Waals surface area contributed by atoms with E-state index in [4.69, 9.17) is 16.3 Å². The molecule has 0 aromatic carbocycles. The highest BCUT2D eigenvalue weighted by molar-refractivity contribution is 6.22. The Kier molecular flexibility index (Phi) is 2.65. The highest BCUT2D eigenvalue weighted by Crippen LogP contribution is 2.49. The number of methoxy groups -OCH3 is 1. The second kappa shape index (κ2) is 3.53. The van der Waals surface area contributed by atoms with Crippen LogP contribution in [0, 0.1) is 17.3 Å². The summed E-state index contributed by atoms with van der Waals surface area (Å²) in [6.07, 6.45) is 7.24. The Labute approximate surface area is 91.5 Å². The second-order valence-corrected chi connectivity index (χ2v) is 5.66. The van der Waals surface area contributed by atoms with Crippen LogP contribution < -0.4 is 0 Å². The molecule has 0 saturated heterocycles. The molecular weight excluding hydrogens is 196 g/mol. The molecule has 2 heteroatoms. The molecule has 2 bridgehead atoms. The normalized spacial score (nSPS) is 45.1. The second-order valence-electron chi connectivity index (χ2n) is 5.15. The molecule has 1 saturated carbocycles. The van der Waals surface area contributed by atoms with Gasteiger partial charge in [-0.05, 0) is 24.2 Å². The first-order valence-electron chi connectivity index (χ1n) is 5.42. The monoisotopic (exact) mass is 214 g/mol. The molecule has 14 heavy (non-hydrogen) atoms. The van der Waals surface area contributed by atoms with Crippen molar-refractivity contribution >= 4 is 11.6 Å². The molecule has 80 valence electrons. The van der Waals surface area contributed by atoms with Crippen LogP contribution >= 0.6 is 11.6 Å². The number of hydrogen-bond donors (Lipinski definition) is 0. The zero-order valence-corrected chi connectivity index (χ0v) is 9.92. The van der Waals surface area contributed by atoms with Gasteiger partial charge in [-0.2, -0.15) is 0 Å². The quantitative estimate of drug-likeness (QED) is 0.481. The lowest BCUT2D eigenvalue weighted by Crippen LogP contribution is -2.47. The smallest absolute Gasteiger partial charge is 0.0673 e. The molecule has 3 rings (SSSR count). The molecule has 1 nitrogen and oxygen atoms in total. The van der Waals surface area contributed by atoms with Crippen molar-refractivity contribution in [1.29, 1.82) is 0 Å². The maximum absolute atomic E-state index is 6.35. The van der Waals surface area contributed by atoms with Gasteiger partial charge in [0.15, 0.2) is 0 Å². The molecular formula is C12H19ClO. The fourth-order valence-corrected chi connectivity index (χ4v) is 3.53. The Hall–Kier alpha value is -0.0100. The van der Waals surface area contributed by atoms with Crippen LogP contribution in [0.15, 0.2) is 12.2 Å². The lowest BCUT2D eigenvalue weighted by molar-refractivity contribution is -0.0763. The van der Waals surface area contributed by atoms with Crippen LogP contribution in [-0.4, -0.2) is 18.6 Å². The zero-order valence-electron chi connectivity index (χ0n) is 9.16. The van der Waals surface area contributed by atoms with Gasteiger partial charge in [-0.25, -0.2) is 0 Å². The van der Waals surface area contributed by atoms with Crippen molar-refractivity contribution in [2.24, 2.45) is 17.3 Å². The van der Waals surface area contributed by atoms with E-state index in [2.05, 4.69) is 26.0 Å². The molecule has 3 aliphatic carbocycles. The Morgan fingerprint density at radius 2 is 2.00 bits per heavy atom. The largest absolute Gasteiger partial charge is 0.381 e. The Morgan fingerprint density at radius 1 is 1.29 bits per heavy atom.